The van der Waals surface area contributed by atoms with E-state index in [1.54, 1.807) is 31.2 Å². The van der Waals surface area contributed by atoms with Gasteiger partial charge in [-0.2, -0.15) is 0 Å². The molecule has 0 bridgehead atoms. The Hall–Kier alpha value is -2.08. The number of esters is 1. The van der Waals surface area contributed by atoms with Crippen molar-refractivity contribution in [2.24, 2.45) is 5.92 Å². The minimum atomic E-state index is -0.730. The van der Waals surface area contributed by atoms with E-state index in [9.17, 15) is 14.4 Å². The molecule has 2 aliphatic rings. The Bertz CT molecular complexity index is 709. The average Bonchev–Trinajstić information content (AvgIpc) is 2.89. The van der Waals surface area contributed by atoms with Crippen LogP contribution in [-0.4, -0.2) is 41.4 Å². The second-order valence-corrected chi connectivity index (χ2v) is 7.17. The second kappa shape index (κ2) is 8.08. The predicted molar refractivity (Wildman–Crippen MR) is 98.1 cm³/mol. The summed E-state index contributed by atoms with van der Waals surface area (Å²) >= 11 is 5.98. The van der Waals surface area contributed by atoms with Crippen LogP contribution in [0, 0.1) is 5.92 Å². The Labute approximate surface area is 157 Å². The summed E-state index contributed by atoms with van der Waals surface area (Å²) in [5, 5.41) is 3.31. The highest BCUT2D eigenvalue weighted by atomic mass is 35.5. The van der Waals surface area contributed by atoms with E-state index in [0.717, 1.165) is 19.3 Å². The van der Waals surface area contributed by atoms with Crippen molar-refractivity contribution in [2.75, 3.05) is 11.9 Å². The summed E-state index contributed by atoms with van der Waals surface area (Å²) in [6.45, 7) is 1.97. The lowest BCUT2D eigenvalue weighted by Crippen LogP contribution is -2.48. The van der Waals surface area contributed by atoms with Crippen LogP contribution in [0.15, 0.2) is 24.3 Å². The molecule has 1 saturated heterocycles. The molecular weight excluding hydrogens is 356 g/mol. The van der Waals surface area contributed by atoms with E-state index in [1.807, 2.05) is 0 Å². The number of hydrogen-bond donors (Lipinski definition) is 1. The smallest absolute Gasteiger partial charge is 0.328 e. The van der Waals surface area contributed by atoms with Crippen molar-refractivity contribution in [3.63, 3.8) is 0 Å². The van der Waals surface area contributed by atoms with Crippen molar-refractivity contribution in [1.82, 2.24) is 4.90 Å². The standard InChI is InChI=1S/C19H23ClN2O4/c1-2-26-18(24)16-11-14-15(8-3-4-9-17(14)23)22(16)19(25)21-13-7-5-6-12(20)10-13/h5-7,10,14-16H,2-4,8-9,11H2,1H3,(H,21,25)/t14-,15-,16-/m0/s1. The molecule has 140 valence electrons. The molecule has 1 aliphatic heterocycles. The predicted octanol–water partition coefficient (Wildman–Crippen LogP) is 3.64. The molecule has 0 unspecified atom stereocenters. The quantitative estimate of drug-likeness (QED) is 0.815. The maximum atomic E-state index is 13.0. The third-order valence-corrected chi connectivity index (χ3v) is 5.33. The Balaban J connectivity index is 1.86. The minimum absolute atomic E-state index is 0.139. The number of anilines is 1. The second-order valence-electron chi connectivity index (χ2n) is 6.74. The molecule has 2 fully saturated rings. The zero-order valence-corrected chi connectivity index (χ0v) is 15.5. The first-order valence-corrected chi connectivity index (χ1v) is 9.43. The van der Waals surface area contributed by atoms with Gasteiger partial charge in [-0.05, 0) is 44.4 Å². The van der Waals surface area contributed by atoms with Gasteiger partial charge in [-0.1, -0.05) is 24.1 Å². The number of nitrogens with one attached hydrogen (secondary N) is 1. The largest absolute Gasteiger partial charge is 0.464 e. The molecule has 0 aromatic heterocycles. The molecule has 3 atom stereocenters. The molecule has 1 N–H and O–H groups in total. The number of Topliss-reactive ketones (excluding diaryl/α,β-unsaturated/α-hetero) is 1. The first-order chi connectivity index (χ1) is 12.5. The van der Waals surface area contributed by atoms with Gasteiger partial charge in [0.15, 0.2) is 0 Å². The van der Waals surface area contributed by atoms with Gasteiger partial charge in [-0.25, -0.2) is 9.59 Å². The summed E-state index contributed by atoms with van der Waals surface area (Å²) in [5.74, 6) is -0.605. The van der Waals surface area contributed by atoms with Crippen molar-refractivity contribution in [2.45, 2.75) is 51.1 Å². The number of carbonyl (C=O) groups is 3. The lowest BCUT2D eigenvalue weighted by atomic mass is 9.93. The van der Waals surface area contributed by atoms with Crippen LogP contribution in [0.5, 0.6) is 0 Å². The fourth-order valence-corrected chi connectivity index (χ4v) is 4.15. The molecule has 2 amide bonds. The van der Waals surface area contributed by atoms with Gasteiger partial charge in [0.25, 0.3) is 0 Å². The minimum Gasteiger partial charge on any atom is -0.464 e. The van der Waals surface area contributed by atoms with E-state index in [4.69, 9.17) is 16.3 Å². The number of likely N-dealkylation sites (tertiary alicyclic amines) is 1. The highest BCUT2D eigenvalue weighted by Crippen LogP contribution is 2.38. The van der Waals surface area contributed by atoms with Crippen molar-refractivity contribution in [3.05, 3.63) is 29.3 Å². The molecule has 3 rings (SSSR count). The van der Waals surface area contributed by atoms with E-state index in [0.29, 0.717) is 23.6 Å². The fraction of sp³-hybridized carbons (Fsp3) is 0.526. The van der Waals surface area contributed by atoms with E-state index in [2.05, 4.69) is 5.32 Å². The molecule has 6 nitrogen and oxygen atoms in total. The summed E-state index contributed by atoms with van der Waals surface area (Å²) in [4.78, 5) is 39.4. The summed E-state index contributed by atoms with van der Waals surface area (Å²) in [6, 6.07) is 5.44. The summed E-state index contributed by atoms with van der Waals surface area (Å²) < 4.78 is 5.16. The normalized spacial score (nSPS) is 25.4. The molecule has 1 saturated carbocycles. The molecule has 26 heavy (non-hydrogen) atoms. The van der Waals surface area contributed by atoms with Crippen LogP contribution in [-0.2, 0) is 14.3 Å². The number of carbonyl (C=O) groups excluding carboxylic acids is 3. The molecule has 0 radical (unpaired) electrons. The maximum absolute atomic E-state index is 13.0. The van der Waals surface area contributed by atoms with Crippen LogP contribution in [0.3, 0.4) is 0 Å². The fourth-order valence-electron chi connectivity index (χ4n) is 3.96. The summed E-state index contributed by atoms with van der Waals surface area (Å²) in [6.07, 6.45) is 3.27. The van der Waals surface area contributed by atoms with Gasteiger partial charge in [0, 0.05) is 29.1 Å². The Morgan fingerprint density at radius 3 is 2.88 bits per heavy atom. The SMILES string of the molecule is CCOC(=O)[C@@H]1C[C@@H]2C(=O)CCCC[C@@H]2N1C(=O)Nc1cccc(Cl)c1. The monoisotopic (exact) mass is 378 g/mol. The number of halogens is 1. The molecule has 0 spiro atoms. The average molecular weight is 379 g/mol. The zero-order chi connectivity index (χ0) is 18.7. The van der Waals surface area contributed by atoms with E-state index >= 15 is 0 Å². The summed E-state index contributed by atoms with van der Waals surface area (Å²) in [7, 11) is 0. The van der Waals surface area contributed by atoms with E-state index in [-0.39, 0.29) is 24.3 Å². The number of fused-ring (bicyclic) bond motifs is 1. The van der Waals surface area contributed by atoms with Crippen molar-refractivity contribution < 1.29 is 19.1 Å². The van der Waals surface area contributed by atoms with Crippen LogP contribution in [0.25, 0.3) is 0 Å². The van der Waals surface area contributed by atoms with Crippen LogP contribution >= 0.6 is 11.6 Å². The van der Waals surface area contributed by atoms with Crippen molar-refractivity contribution in [1.29, 1.82) is 0 Å². The van der Waals surface area contributed by atoms with Gasteiger partial charge < -0.3 is 15.0 Å². The molecule has 7 heteroatoms. The van der Waals surface area contributed by atoms with E-state index < -0.39 is 18.0 Å². The van der Waals surface area contributed by atoms with Gasteiger partial charge in [0.2, 0.25) is 0 Å². The number of benzene rings is 1. The van der Waals surface area contributed by atoms with Crippen LogP contribution in [0.2, 0.25) is 5.02 Å². The zero-order valence-electron chi connectivity index (χ0n) is 14.7. The highest BCUT2D eigenvalue weighted by Gasteiger charge is 2.50. The van der Waals surface area contributed by atoms with Crippen molar-refractivity contribution in [3.8, 4) is 0 Å². The number of nitrogens with zero attached hydrogens (tertiary/aromatic N) is 1. The Morgan fingerprint density at radius 1 is 1.35 bits per heavy atom. The van der Waals surface area contributed by atoms with E-state index in [1.165, 1.54) is 4.90 Å². The number of amides is 2. The number of urea groups is 1. The van der Waals surface area contributed by atoms with Gasteiger partial charge >= 0.3 is 12.0 Å². The first kappa shape index (κ1) is 18.7. The number of hydrogen-bond acceptors (Lipinski definition) is 4. The van der Waals surface area contributed by atoms with Crippen molar-refractivity contribution >= 4 is 35.1 Å². The first-order valence-electron chi connectivity index (χ1n) is 9.05. The highest BCUT2D eigenvalue weighted by molar-refractivity contribution is 6.30. The van der Waals surface area contributed by atoms with Gasteiger partial charge in [0.05, 0.1) is 6.61 Å². The lowest BCUT2D eigenvalue weighted by molar-refractivity contribution is -0.147. The number of rotatable bonds is 3. The Kier molecular flexibility index (Phi) is 5.81. The van der Waals surface area contributed by atoms with Crippen LogP contribution < -0.4 is 5.32 Å². The third kappa shape index (κ3) is 3.85. The number of ether oxygens (including phenoxy) is 1. The topological polar surface area (TPSA) is 75.7 Å². The number of ketones is 1. The Morgan fingerprint density at radius 2 is 2.15 bits per heavy atom. The van der Waals surface area contributed by atoms with Crippen LogP contribution in [0.1, 0.15) is 39.0 Å². The van der Waals surface area contributed by atoms with Gasteiger partial charge in [0.1, 0.15) is 11.8 Å². The molecular formula is C19H23ClN2O4. The maximum Gasteiger partial charge on any atom is 0.328 e. The van der Waals surface area contributed by atoms with Gasteiger partial charge in [-0.15, -0.1) is 0 Å². The molecule has 1 aliphatic carbocycles. The third-order valence-electron chi connectivity index (χ3n) is 5.09. The molecule has 1 aromatic rings. The molecule has 1 aromatic carbocycles. The van der Waals surface area contributed by atoms with Crippen LogP contribution in [0.4, 0.5) is 10.5 Å². The molecule has 1 heterocycles. The lowest BCUT2D eigenvalue weighted by Gasteiger charge is -2.30. The van der Waals surface area contributed by atoms with Gasteiger partial charge in [-0.3, -0.25) is 4.79 Å². The summed E-state index contributed by atoms with van der Waals surface area (Å²) in [5.41, 5.74) is 0.550.